The van der Waals surface area contributed by atoms with Crippen molar-refractivity contribution in [3.05, 3.63) is 95.3 Å². The highest BCUT2D eigenvalue weighted by Gasteiger charge is 2.23. The second kappa shape index (κ2) is 9.98. The number of halogens is 1. The van der Waals surface area contributed by atoms with Crippen molar-refractivity contribution in [2.45, 2.75) is 13.0 Å². The highest BCUT2D eigenvalue weighted by Crippen LogP contribution is 2.26. The normalized spacial score (nSPS) is 11.6. The molecule has 2 amide bonds. The van der Waals surface area contributed by atoms with Crippen LogP contribution >= 0.6 is 11.6 Å². The lowest BCUT2D eigenvalue weighted by atomic mass is 10.1. The van der Waals surface area contributed by atoms with Gasteiger partial charge in [-0.25, -0.2) is 4.79 Å². The Morgan fingerprint density at radius 1 is 1.00 bits per heavy atom. The molecule has 0 saturated carbocycles. The van der Waals surface area contributed by atoms with Gasteiger partial charge in [0.05, 0.1) is 6.61 Å². The molecule has 0 aliphatic rings. The molecule has 1 atom stereocenters. The van der Waals surface area contributed by atoms with Crippen LogP contribution in [0.3, 0.4) is 0 Å². The largest absolute Gasteiger partial charge is 0.494 e. The molecule has 1 heterocycles. The molecular weight excluding hydrogens is 428 g/mol. The SMILES string of the molecule is CCOc1ccc(NC(=O)N[C@H](c2ccc(Cl)cc2)c2nnc(-c3ccccc3)o2)cc1. The second-order valence-corrected chi connectivity index (χ2v) is 7.29. The Kier molecular flexibility index (Phi) is 6.67. The number of carbonyl (C=O) groups is 1. The van der Waals surface area contributed by atoms with Crippen molar-refractivity contribution in [2.75, 3.05) is 11.9 Å². The van der Waals surface area contributed by atoms with Crippen LogP contribution in [-0.4, -0.2) is 22.8 Å². The number of carbonyl (C=O) groups excluding carboxylic acids is 1. The number of nitrogens with one attached hydrogen (secondary N) is 2. The number of benzene rings is 3. The number of hydrogen-bond acceptors (Lipinski definition) is 5. The molecule has 0 spiro atoms. The zero-order valence-electron chi connectivity index (χ0n) is 17.3. The number of aromatic nitrogens is 2. The van der Waals surface area contributed by atoms with Crippen molar-refractivity contribution in [2.24, 2.45) is 0 Å². The van der Waals surface area contributed by atoms with E-state index in [0.717, 1.165) is 16.9 Å². The summed E-state index contributed by atoms with van der Waals surface area (Å²) in [5, 5.41) is 14.6. The van der Waals surface area contributed by atoms with E-state index in [1.54, 1.807) is 48.5 Å². The third kappa shape index (κ3) is 5.25. The molecule has 32 heavy (non-hydrogen) atoms. The predicted octanol–water partition coefficient (Wildman–Crippen LogP) is 5.70. The van der Waals surface area contributed by atoms with Gasteiger partial charge in [-0.1, -0.05) is 41.9 Å². The molecule has 8 heteroatoms. The molecule has 1 aromatic heterocycles. The molecule has 2 N–H and O–H groups in total. The van der Waals surface area contributed by atoms with E-state index in [-0.39, 0.29) is 5.89 Å². The standard InChI is InChI=1S/C24H21ClN4O3/c1-2-31-20-14-12-19(13-15-20)26-24(30)27-21(16-8-10-18(25)11-9-16)23-29-28-22(32-23)17-6-4-3-5-7-17/h3-15,21H,2H2,1H3,(H2,26,27,30)/t21-/m1/s1. The summed E-state index contributed by atoms with van der Waals surface area (Å²) in [6.45, 7) is 2.49. The zero-order chi connectivity index (χ0) is 22.3. The Morgan fingerprint density at radius 3 is 2.41 bits per heavy atom. The van der Waals surface area contributed by atoms with E-state index in [2.05, 4.69) is 20.8 Å². The maximum atomic E-state index is 12.8. The summed E-state index contributed by atoms with van der Waals surface area (Å²) >= 11 is 6.03. The van der Waals surface area contributed by atoms with Crippen LogP contribution in [0.5, 0.6) is 5.75 Å². The van der Waals surface area contributed by atoms with E-state index in [4.69, 9.17) is 20.8 Å². The number of anilines is 1. The first kappa shape index (κ1) is 21.4. The molecule has 0 aliphatic carbocycles. The molecule has 0 bridgehead atoms. The maximum absolute atomic E-state index is 12.8. The van der Waals surface area contributed by atoms with E-state index in [9.17, 15) is 4.79 Å². The average molecular weight is 449 g/mol. The maximum Gasteiger partial charge on any atom is 0.320 e. The first-order chi connectivity index (χ1) is 15.6. The number of urea groups is 1. The number of amides is 2. The molecule has 4 aromatic rings. The molecule has 0 fully saturated rings. The lowest BCUT2D eigenvalue weighted by Gasteiger charge is -2.16. The fraction of sp³-hybridized carbons (Fsp3) is 0.125. The van der Waals surface area contributed by atoms with E-state index < -0.39 is 12.1 Å². The van der Waals surface area contributed by atoms with Crippen molar-refractivity contribution in [3.8, 4) is 17.2 Å². The van der Waals surface area contributed by atoms with Gasteiger partial charge in [-0.15, -0.1) is 10.2 Å². The topological polar surface area (TPSA) is 89.3 Å². The van der Waals surface area contributed by atoms with Crippen molar-refractivity contribution < 1.29 is 13.9 Å². The van der Waals surface area contributed by atoms with Gasteiger partial charge in [0.15, 0.2) is 0 Å². The van der Waals surface area contributed by atoms with Crippen LogP contribution in [0.1, 0.15) is 24.4 Å². The van der Waals surface area contributed by atoms with Crippen molar-refractivity contribution >= 4 is 23.3 Å². The zero-order valence-corrected chi connectivity index (χ0v) is 18.0. The number of rotatable bonds is 7. The van der Waals surface area contributed by atoms with E-state index >= 15 is 0 Å². The summed E-state index contributed by atoms with van der Waals surface area (Å²) in [4.78, 5) is 12.8. The van der Waals surface area contributed by atoms with Crippen molar-refractivity contribution in [1.82, 2.24) is 15.5 Å². The number of hydrogen-bond donors (Lipinski definition) is 2. The van der Waals surface area contributed by atoms with Gasteiger partial charge in [0, 0.05) is 16.3 Å². The van der Waals surface area contributed by atoms with Crippen LogP contribution in [0.25, 0.3) is 11.5 Å². The molecule has 0 unspecified atom stereocenters. The van der Waals surface area contributed by atoms with Gasteiger partial charge in [-0.2, -0.15) is 0 Å². The first-order valence-electron chi connectivity index (χ1n) is 10.1. The van der Waals surface area contributed by atoms with Gasteiger partial charge >= 0.3 is 6.03 Å². The van der Waals surface area contributed by atoms with Gasteiger partial charge in [-0.05, 0) is 61.0 Å². The Bertz CT molecular complexity index is 1160. The molecule has 162 valence electrons. The molecule has 3 aromatic carbocycles. The molecule has 7 nitrogen and oxygen atoms in total. The fourth-order valence-corrected chi connectivity index (χ4v) is 3.22. The van der Waals surface area contributed by atoms with E-state index in [1.165, 1.54) is 0 Å². The quantitative estimate of drug-likeness (QED) is 0.378. The Balaban J connectivity index is 1.55. The minimum Gasteiger partial charge on any atom is -0.494 e. The van der Waals surface area contributed by atoms with Crippen molar-refractivity contribution in [1.29, 1.82) is 0 Å². The monoisotopic (exact) mass is 448 g/mol. The lowest BCUT2D eigenvalue weighted by Crippen LogP contribution is -2.33. The second-order valence-electron chi connectivity index (χ2n) is 6.85. The van der Waals surface area contributed by atoms with Gasteiger partial charge in [-0.3, -0.25) is 0 Å². The van der Waals surface area contributed by atoms with Crippen LogP contribution in [0, 0.1) is 0 Å². The summed E-state index contributed by atoms with van der Waals surface area (Å²) in [6, 6.07) is 22.5. The van der Waals surface area contributed by atoms with Gasteiger partial charge in [0.1, 0.15) is 11.8 Å². The van der Waals surface area contributed by atoms with E-state index in [1.807, 2.05) is 37.3 Å². The predicted molar refractivity (Wildman–Crippen MR) is 123 cm³/mol. The smallest absolute Gasteiger partial charge is 0.320 e. The van der Waals surface area contributed by atoms with Crippen LogP contribution in [0.15, 0.2) is 83.3 Å². The molecular formula is C24H21ClN4O3. The minimum absolute atomic E-state index is 0.257. The van der Waals surface area contributed by atoms with Crippen LogP contribution in [0.4, 0.5) is 10.5 Å². The van der Waals surface area contributed by atoms with Gasteiger partial charge in [0.2, 0.25) is 11.8 Å². The average Bonchev–Trinajstić information content (AvgIpc) is 3.30. The first-order valence-corrected chi connectivity index (χ1v) is 10.4. The fourth-order valence-electron chi connectivity index (χ4n) is 3.09. The third-order valence-corrected chi connectivity index (χ3v) is 4.86. The highest BCUT2D eigenvalue weighted by atomic mass is 35.5. The Hall–Kier alpha value is -3.84. The molecule has 0 aliphatic heterocycles. The summed E-state index contributed by atoms with van der Waals surface area (Å²) < 4.78 is 11.3. The summed E-state index contributed by atoms with van der Waals surface area (Å²) in [5.41, 5.74) is 2.16. The summed E-state index contributed by atoms with van der Waals surface area (Å²) in [6.07, 6.45) is 0. The number of nitrogens with zero attached hydrogens (tertiary/aromatic N) is 2. The van der Waals surface area contributed by atoms with Crippen LogP contribution < -0.4 is 15.4 Å². The summed E-state index contributed by atoms with van der Waals surface area (Å²) in [7, 11) is 0. The molecule has 4 rings (SSSR count). The highest BCUT2D eigenvalue weighted by molar-refractivity contribution is 6.30. The molecule has 0 radical (unpaired) electrons. The van der Waals surface area contributed by atoms with Gasteiger partial charge in [0.25, 0.3) is 0 Å². The van der Waals surface area contributed by atoms with Gasteiger partial charge < -0.3 is 19.8 Å². The summed E-state index contributed by atoms with van der Waals surface area (Å²) in [5.74, 6) is 1.36. The number of ether oxygens (including phenoxy) is 1. The minimum atomic E-state index is -0.667. The Morgan fingerprint density at radius 2 is 1.72 bits per heavy atom. The lowest BCUT2D eigenvalue weighted by molar-refractivity contribution is 0.248. The van der Waals surface area contributed by atoms with Crippen LogP contribution in [0.2, 0.25) is 5.02 Å². The Labute approximate surface area is 190 Å². The van der Waals surface area contributed by atoms with E-state index in [0.29, 0.717) is 23.2 Å². The van der Waals surface area contributed by atoms with Crippen LogP contribution in [-0.2, 0) is 0 Å². The van der Waals surface area contributed by atoms with Crippen molar-refractivity contribution in [3.63, 3.8) is 0 Å². The molecule has 0 saturated heterocycles. The third-order valence-electron chi connectivity index (χ3n) is 4.61.